The lowest BCUT2D eigenvalue weighted by Gasteiger charge is -2.34. The van der Waals surface area contributed by atoms with Crippen LogP contribution in [0.2, 0.25) is 0 Å². The standard InChI is InChI=1S/C15H18FN5O4S/c1-10-12(16)7-11(8-13(10)21(22)23)26(24,25)20-6-3-17-9-14(20)15-18-4-5-19(15)2/h4-5,7-8,14,17H,3,6,9H2,1-2H3. The van der Waals surface area contributed by atoms with E-state index in [0.29, 0.717) is 18.9 Å². The number of rotatable bonds is 4. The third-order valence-electron chi connectivity index (χ3n) is 4.44. The number of sulfonamides is 1. The normalized spacial score (nSPS) is 18.8. The maximum absolute atomic E-state index is 14.1. The van der Waals surface area contributed by atoms with Crippen LogP contribution in [0.1, 0.15) is 17.4 Å². The van der Waals surface area contributed by atoms with Crippen LogP contribution in [0.5, 0.6) is 0 Å². The summed E-state index contributed by atoms with van der Waals surface area (Å²) < 4.78 is 43.3. The Balaban J connectivity index is 2.09. The van der Waals surface area contributed by atoms with Gasteiger partial charge in [0, 0.05) is 45.1 Å². The summed E-state index contributed by atoms with van der Waals surface area (Å²) >= 11 is 0. The van der Waals surface area contributed by atoms with E-state index in [4.69, 9.17) is 0 Å². The quantitative estimate of drug-likeness (QED) is 0.626. The number of aromatic nitrogens is 2. The van der Waals surface area contributed by atoms with Crippen molar-refractivity contribution in [1.29, 1.82) is 0 Å². The lowest BCUT2D eigenvalue weighted by atomic mass is 10.2. The summed E-state index contributed by atoms with van der Waals surface area (Å²) in [6.45, 7) is 2.13. The monoisotopic (exact) mass is 383 g/mol. The number of nitrogens with zero attached hydrogens (tertiary/aromatic N) is 4. The van der Waals surface area contributed by atoms with E-state index in [2.05, 4.69) is 10.3 Å². The molecule has 1 aliphatic rings. The zero-order chi connectivity index (χ0) is 19.1. The molecule has 1 fully saturated rings. The highest BCUT2D eigenvalue weighted by atomic mass is 32.2. The van der Waals surface area contributed by atoms with Crippen LogP contribution in [0.15, 0.2) is 29.4 Å². The van der Waals surface area contributed by atoms with E-state index in [1.54, 1.807) is 24.0 Å². The molecule has 3 rings (SSSR count). The molecule has 1 atom stereocenters. The number of hydrogen-bond donors (Lipinski definition) is 1. The maximum atomic E-state index is 14.1. The van der Waals surface area contributed by atoms with Crippen LogP contribution in [-0.4, -0.2) is 46.8 Å². The van der Waals surface area contributed by atoms with Crippen LogP contribution < -0.4 is 5.32 Å². The summed E-state index contributed by atoms with van der Waals surface area (Å²) in [5.41, 5.74) is -0.762. The van der Waals surface area contributed by atoms with Gasteiger partial charge in [-0.1, -0.05) is 0 Å². The Bertz CT molecular complexity index is 959. The molecule has 9 nitrogen and oxygen atoms in total. The van der Waals surface area contributed by atoms with E-state index < -0.39 is 37.4 Å². The Kier molecular flexibility index (Phi) is 4.78. The molecule has 0 aliphatic carbocycles. The van der Waals surface area contributed by atoms with Crippen LogP contribution in [-0.2, 0) is 17.1 Å². The lowest BCUT2D eigenvalue weighted by Crippen LogP contribution is -2.49. The molecule has 2 heterocycles. The number of halogens is 1. The van der Waals surface area contributed by atoms with Gasteiger partial charge in [-0.2, -0.15) is 4.31 Å². The molecule has 26 heavy (non-hydrogen) atoms. The second-order valence-corrected chi connectivity index (χ2v) is 7.93. The molecule has 0 spiro atoms. The predicted octanol–water partition coefficient (Wildman–Crippen LogP) is 1.11. The Labute approximate surface area is 149 Å². The van der Waals surface area contributed by atoms with Crippen molar-refractivity contribution in [3.63, 3.8) is 0 Å². The molecule has 1 aromatic carbocycles. The van der Waals surface area contributed by atoms with Crippen molar-refractivity contribution in [3.8, 4) is 0 Å². The van der Waals surface area contributed by atoms with Crippen LogP contribution in [0, 0.1) is 22.9 Å². The van der Waals surface area contributed by atoms with Gasteiger partial charge in [0.15, 0.2) is 0 Å². The molecule has 140 valence electrons. The van der Waals surface area contributed by atoms with Crippen LogP contribution >= 0.6 is 0 Å². The van der Waals surface area contributed by atoms with E-state index in [0.717, 1.165) is 12.1 Å². The second kappa shape index (κ2) is 6.74. The van der Waals surface area contributed by atoms with Gasteiger partial charge in [0.2, 0.25) is 10.0 Å². The highest BCUT2D eigenvalue weighted by molar-refractivity contribution is 7.89. The minimum atomic E-state index is -4.15. The van der Waals surface area contributed by atoms with Crippen LogP contribution in [0.4, 0.5) is 10.1 Å². The van der Waals surface area contributed by atoms with Gasteiger partial charge < -0.3 is 9.88 Å². The van der Waals surface area contributed by atoms with Gasteiger partial charge in [-0.15, -0.1) is 0 Å². The number of nitro groups is 1. The van der Waals surface area contributed by atoms with E-state index in [1.165, 1.54) is 11.2 Å². The van der Waals surface area contributed by atoms with E-state index >= 15 is 0 Å². The lowest BCUT2D eigenvalue weighted by molar-refractivity contribution is -0.385. The fourth-order valence-electron chi connectivity index (χ4n) is 3.01. The van der Waals surface area contributed by atoms with Crippen molar-refractivity contribution in [2.75, 3.05) is 19.6 Å². The summed E-state index contributed by atoms with van der Waals surface area (Å²) in [6.07, 6.45) is 3.26. The van der Waals surface area contributed by atoms with Crippen molar-refractivity contribution in [2.45, 2.75) is 17.9 Å². The van der Waals surface area contributed by atoms with Crippen molar-refractivity contribution >= 4 is 15.7 Å². The third kappa shape index (κ3) is 3.08. The molecular formula is C15H18FN5O4S. The fourth-order valence-corrected chi connectivity index (χ4v) is 4.63. The first kappa shape index (κ1) is 18.4. The Morgan fingerprint density at radius 2 is 2.15 bits per heavy atom. The molecule has 2 aromatic rings. The van der Waals surface area contributed by atoms with Gasteiger partial charge in [0.05, 0.1) is 21.4 Å². The molecule has 0 saturated carbocycles. The van der Waals surface area contributed by atoms with Gasteiger partial charge >= 0.3 is 0 Å². The van der Waals surface area contributed by atoms with E-state index in [-0.39, 0.29) is 12.1 Å². The number of piperazine rings is 1. The summed E-state index contributed by atoms with van der Waals surface area (Å²) in [6, 6.07) is 1.14. The zero-order valence-electron chi connectivity index (χ0n) is 14.2. The van der Waals surface area contributed by atoms with Gasteiger partial charge in [-0.05, 0) is 13.0 Å². The Morgan fingerprint density at radius 1 is 1.42 bits per heavy atom. The number of benzene rings is 1. The predicted molar refractivity (Wildman–Crippen MR) is 90.5 cm³/mol. The average molecular weight is 383 g/mol. The minimum Gasteiger partial charge on any atom is -0.337 e. The first-order chi connectivity index (χ1) is 12.2. The second-order valence-electron chi connectivity index (χ2n) is 6.04. The summed E-state index contributed by atoms with van der Waals surface area (Å²) in [4.78, 5) is 14.1. The molecule has 0 radical (unpaired) electrons. The summed E-state index contributed by atoms with van der Waals surface area (Å²) in [5, 5.41) is 14.2. The fraction of sp³-hybridized carbons (Fsp3) is 0.400. The first-order valence-electron chi connectivity index (χ1n) is 7.88. The molecular weight excluding hydrogens is 365 g/mol. The van der Waals surface area contributed by atoms with Gasteiger partial charge in [0.1, 0.15) is 11.6 Å². The largest absolute Gasteiger partial charge is 0.337 e. The maximum Gasteiger partial charge on any atom is 0.276 e. The number of nitrogens with one attached hydrogen (secondary N) is 1. The van der Waals surface area contributed by atoms with Crippen molar-refractivity contribution < 1.29 is 17.7 Å². The zero-order valence-corrected chi connectivity index (χ0v) is 15.0. The number of imidazole rings is 1. The van der Waals surface area contributed by atoms with Crippen LogP contribution in [0.3, 0.4) is 0 Å². The first-order valence-corrected chi connectivity index (χ1v) is 9.32. The molecule has 0 bridgehead atoms. The SMILES string of the molecule is Cc1c(F)cc(S(=O)(=O)N2CCNCC2c2nccn2C)cc1[N+](=O)[O-]. The number of nitro benzene ring substituents is 1. The summed E-state index contributed by atoms with van der Waals surface area (Å²) in [5.74, 6) is -0.399. The van der Waals surface area contributed by atoms with Crippen molar-refractivity contribution in [2.24, 2.45) is 7.05 Å². The number of aryl methyl sites for hydroxylation is 1. The minimum absolute atomic E-state index is 0.142. The summed E-state index contributed by atoms with van der Waals surface area (Å²) in [7, 11) is -2.41. The Morgan fingerprint density at radius 3 is 2.77 bits per heavy atom. The van der Waals surface area contributed by atoms with Gasteiger partial charge in [-0.3, -0.25) is 10.1 Å². The molecule has 1 aromatic heterocycles. The van der Waals surface area contributed by atoms with E-state index in [9.17, 15) is 22.9 Å². The molecule has 1 N–H and O–H groups in total. The van der Waals surface area contributed by atoms with Crippen molar-refractivity contribution in [1.82, 2.24) is 19.2 Å². The smallest absolute Gasteiger partial charge is 0.276 e. The highest BCUT2D eigenvalue weighted by Crippen LogP contribution is 2.31. The average Bonchev–Trinajstić information content (AvgIpc) is 3.02. The van der Waals surface area contributed by atoms with Crippen molar-refractivity contribution in [3.05, 3.63) is 51.8 Å². The molecule has 1 saturated heterocycles. The molecule has 11 heteroatoms. The van der Waals surface area contributed by atoms with E-state index in [1.807, 2.05) is 0 Å². The third-order valence-corrected chi connectivity index (χ3v) is 6.33. The molecule has 1 unspecified atom stereocenters. The molecule has 1 aliphatic heterocycles. The Hall–Kier alpha value is -2.37. The van der Waals surface area contributed by atoms with Gasteiger partial charge in [0.25, 0.3) is 5.69 Å². The topological polar surface area (TPSA) is 110 Å². The van der Waals surface area contributed by atoms with Crippen LogP contribution in [0.25, 0.3) is 0 Å². The highest BCUT2D eigenvalue weighted by Gasteiger charge is 2.37. The molecule has 0 amide bonds. The van der Waals surface area contributed by atoms with Gasteiger partial charge in [-0.25, -0.2) is 17.8 Å². The number of hydrogen-bond acceptors (Lipinski definition) is 6.